The number of ether oxygens (including phenoxy) is 1. The molecular weight excluding hydrogens is 371 g/mol. The van der Waals surface area contributed by atoms with Crippen molar-refractivity contribution in [2.45, 2.75) is 52.2 Å². The van der Waals surface area contributed by atoms with E-state index >= 15 is 0 Å². The number of hydrogen-bond donors (Lipinski definition) is 1. The quantitative estimate of drug-likeness (QED) is 0.657. The van der Waals surface area contributed by atoms with E-state index in [9.17, 15) is 14.0 Å². The number of carbonyl (C=O) groups excluding carboxylic acids is 2. The van der Waals surface area contributed by atoms with E-state index in [4.69, 9.17) is 4.74 Å². The second-order valence-corrected chi connectivity index (χ2v) is 6.99. The van der Waals surface area contributed by atoms with Gasteiger partial charge in [-0.25, -0.2) is 4.39 Å². The molecule has 2 aromatic rings. The van der Waals surface area contributed by atoms with Crippen LogP contribution in [-0.4, -0.2) is 35.4 Å². The van der Waals surface area contributed by atoms with Crippen LogP contribution in [0.25, 0.3) is 0 Å². The van der Waals surface area contributed by atoms with Crippen molar-refractivity contribution in [1.29, 1.82) is 0 Å². The van der Waals surface area contributed by atoms with Crippen LogP contribution in [0.15, 0.2) is 54.6 Å². The molecule has 6 heteroatoms. The van der Waals surface area contributed by atoms with Crippen LogP contribution < -0.4 is 10.1 Å². The first kappa shape index (κ1) is 22.4. The molecule has 0 saturated heterocycles. The normalized spacial score (nSPS) is 12.7. The Labute approximate surface area is 171 Å². The topological polar surface area (TPSA) is 58.6 Å². The Balaban J connectivity index is 2.16. The molecule has 2 amide bonds. The van der Waals surface area contributed by atoms with Crippen LogP contribution in [0.3, 0.4) is 0 Å². The van der Waals surface area contributed by atoms with Crippen molar-refractivity contribution in [2.24, 2.45) is 0 Å². The van der Waals surface area contributed by atoms with Crippen molar-refractivity contribution >= 4 is 11.8 Å². The maximum absolute atomic E-state index is 13.1. The second kappa shape index (κ2) is 11.2. The molecule has 156 valence electrons. The number of nitrogens with zero attached hydrogens (tertiary/aromatic N) is 1. The molecule has 0 heterocycles. The fraction of sp³-hybridized carbons (Fsp3) is 0.391. The molecule has 2 atom stereocenters. The predicted octanol–water partition coefficient (Wildman–Crippen LogP) is 3.93. The zero-order valence-electron chi connectivity index (χ0n) is 17.2. The molecular formula is C23H29FN2O3. The maximum Gasteiger partial charge on any atom is 0.261 e. The first-order chi connectivity index (χ1) is 13.9. The third kappa shape index (κ3) is 6.89. The van der Waals surface area contributed by atoms with E-state index < -0.39 is 6.04 Å². The van der Waals surface area contributed by atoms with E-state index in [2.05, 4.69) is 5.32 Å². The first-order valence-electron chi connectivity index (χ1n) is 9.96. The standard InChI is InChI=1S/C23H29FN2O3/c1-4-17(3)25-23(28)21(5-2)26(15-18-9-7-6-8-10-18)22(27)16-29-20-13-11-19(24)12-14-20/h6-14,17,21H,4-5,15-16H2,1-3H3,(H,25,28). The van der Waals surface area contributed by atoms with E-state index in [1.165, 1.54) is 24.3 Å². The number of amides is 2. The predicted molar refractivity (Wildman–Crippen MR) is 111 cm³/mol. The lowest BCUT2D eigenvalue weighted by molar-refractivity contribution is -0.143. The Kier molecular flexibility index (Phi) is 8.65. The molecule has 29 heavy (non-hydrogen) atoms. The zero-order valence-corrected chi connectivity index (χ0v) is 17.2. The van der Waals surface area contributed by atoms with Crippen LogP contribution in [0.1, 0.15) is 39.2 Å². The van der Waals surface area contributed by atoms with E-state index in [1.54, 1.807) is 4.90 Å². The third-order valence-electron chi connectivity index (χ3n) is 4.76. The summed E-state index contributed by atoms with van der Waals surface area (Å²) < 4.78 is 18.6. The van der Waals surface area contributed by atoms with Gasteiger partial charge in [-0.15, -0.1) is 0 Å². The lowest BCUT2D eigenvalue weighted by atomic mass is 10.1. The van der Waals surface area contributed by atoms with Gasteiger partial charge in [0, 0.05) is 12.6 Å². The SMILES string of the molecule is CCC(C)NC(=O)C(CC)N(Cc1ccccc1)C(=O)COc1ccc(F)cc1. The molecule has 2 rings (SSSR count). The van der Waals surface area contributed by atoms with Gasteiger partial charge in [-0.05, 0) is 49.6 Å². The summed E-state index contributed by atoms with van der Waals surface area (Å²) >= 11 is 0. The fourth-order valence-corrected chi connectivity index (χ4v) is 2.90. The lowest BCUT2D eigenvalue weighted by Gasteiger charge is -2.31. The summed E-state index contributed by atoms with van der Waals surface area (Å²) in [6.07, 6.45) is 1.29. The molecule has 2 unspecified atom stereocenters. The van der Waals surface area contributed by atoms with Crippen LogP contribution in [0.4, 0.5) is 4.39 Å². The Bertz CT molecular complexity index is 780. The number of nitrogens with one attached hydrogen (secondary N) is 1. The Hall–Kier alpha value is -2.89. The number of benzene rings is 2. The van der Waals surface area contributed by atoms with Crippen molar-refractivity contribution in [3.63, 3.8) is 0 Å². The number of hydrogen-bond acceptors (Lipinski definition) is 3. The molecule has 0 fully saturated rings. The van der Waals surface area contributed by atoms with Gasteiger partial charge in [0.15, 0.2) is 6.61 Å². The highest BCUT2D eigenvalue weighted by atomic mass is 19.1. The van der Waals surface area contributed by atoms with Gasteiger partial charge in [0.25, 0.3) is 5.91 Å². The van der Waals surface area contributed by atoms with Crippen molar-refractivity contribution in [3.8, 4) is 5.75 Å². The summed E-state index contributed by atoms with van der Waals surface area (Å²) in [5, 5.41) is 2.97. The van der Waals surface area contributed by atoms with Gasteiger partial charge in [-0.3, -0.25) is 9.59 Å². The molecule has 0 aromatic heterocycles. The van der Waals surface area contributed by atoms with Gasteiger partial charge >= 0.3 is 0 Å². The molecule has 0 saturated carbocycles. The largest absolute Gasteiger partial charge is 0.484 e. The molecule has 0 spiro atoms. The molecule has 0 radical (unpaired) electrons. The van der Waals surface area contributed by atoms with Gasteiger partial charge in [0.2, 0.25) is 5.91 Å². The number of carbonyl (C=O) groups is 2. The minimum Gasteiger partial charge on any atom is -0.484 e. The van der Waals surface area contributed by atoms with Crippen LogP contribution in [0, 0.1) is 5.82 Å². The summed E-state index contributed by atoms with van der Waals surface area (Å²) in [6.45, 7) is 5.89. The van der Waals surface area contributed by atoms with E-state index in [0.29, 0.717) is 18.7 Å². The smallest absolute Gasteiger partial charge is 0.261 e. The average Bonchev–Trinajstić information content (AvgIpc) is 2.73. The Morgan fingerprint density at radius 1 is 1.03 bits per heavy atom. The van der Waals surface area contributed by atoms with E-state index in [-0.39, 0.29) is 30.3 Å². The number of rotatable bonds is 10. The van der Waals surface area contributed by atoms with Crippen LogP contribution in [0.2, 0.25) is 0 Å². The molecule has 1 N–H and O–H groups in total. The minimum absolute atomic E-state index is 0.0284. The highest BCUT2D eigenvalue weighted by Gasteiger charge is 2.29. The van der Waals surface area contributed by atoms with E-state index in [0.717, 1.165) is 12.0 Å². The maximum atomic E-state index is 13.1. The lowest BCUT2D eigenvalue weighted by Crippen LogP contribution is -2.51. The molecule has 0 aliphatic carbocycles. The summed E-state index contributed by atoms with van der Waals surface area (Å²) in [5.74, 6) is -0.448. The van der Waals surface area contributed by atoms with Crippen LogP contribution in [0.5, 0.6) is 5.75 Å². The zero-order chi connectivity index (χ0) is 21.2. The Morgan fingerprint density at radius 3 is 2.28 bits per heavy atom. The third-order valence-corrected chi connectivity index (χ3v) is 4.76. The van der Waals surface area contributed by atoms with Crippen molar-refractivity contribution in [3.05, 3.63) is 66.0 Å². The van der Waals surface area contributed by atoms with E-state index in [1.807, 2.05) is 51.1 Å². The van der Waals surface area contributed by atoms with Crippen molar-refractivity contribution in [2.75, 3.05) is 6.61 Å². The summed E-state index contributed by atoms with van der Waals surface area (Å²) in [4.78, 5) is 27.4. The van der Waals surface area contributed by atoms with Gasteiger partial charge in [0.1, 0.15) is 17.6 Å². The summed E-state index contributed by atoms with van der Waals surface area (Å²) in [5.41, 5.74) is 0.928. The summed E-state index contributed by atoms with van der Waals surface area (Å²) in [7, 11) is 0. The van der Waals surface area contributed by atoms with Gasteiger partial charge < -0.3 is 15.0 Å². The first-order valence-corrected chi connectivity index (χ1v) is 9.96. The number of halogens is 1. The monoisotopic (exact) mass is 400 g/mol. The Morgan fingerprint density at radius 2 is 1.69 bits per heavy atom. The molecule has 2 aromatic carbocycles. The minimum atomic E-state index is -0.603. The fourth-order valence-electron chi connectivity index (χ4n) is 2.90. The van der Waals surface area contributed by atoms with Gasteiger partial charge in [-0.2, -0.15) is 0 Å². The highest BCUT2D eigenvalue weighted by Crippen LogP contribution is 2.15. The van der Waals surface area contributed by atoms with Crippen molar-refractivity contribution in [1.82, 2.24) is 10.2 Å². The average molecular weight is 400 g/mol. The van der Waals surface area contributed by atoms with Gasteiger partial charge in [-0.1, -0.05) is 44.2 Å². The second-order valence-electron chi connectivity index (χ2n) is 6.99. The molecule has 0 aliphatic heterocycles. The summed E-state index contributed by atoms with van der Waals surface area (Å²) in [6, 6.07) is 14.4. The van der Waals surface area contributed by atoms with Gasteiger partial charge in [0.05, 0.1) is 0 Å². The van der Waals surface area contributed by atoms with Crippen LogP contribution in [-0.2, 0) is 16.1 Å². The van der Waals surface area contributed by atoms with Crippen molar-refractivity contribution < 1.29 is 18.7 Å². The molecule has 5 nitrogen and oxygen atoms in total. The molecule has 0 aliphatic rings. The van der Waals surface area contributed by atoms with Crippen LogP contribution >= 0.6 is 0 Å². The molecule has 0 bridgehead atoms. The highest BCUT2D eigenvalue weighted by molar-refractivity contribution is 5.88.